The van der Waals surface area contributed by atoms with Crippen LogP contribution < -0.4 is 5.63 Å². The van der Waals surface area contributed by atoms with Crippen LogP contribution in [0.2, 0.25) is 0 Å². The second-order valence-corrected chi connectivity index (χ2v) is 6.03. The van der Waals surface area contributed by atoms with Crippen molar-refractivity contribution in [1.29, 1.82) is 0 Å². The van der Waals surface area contributed by atoms with Gasteiger partial charge >= 0.3 is 5.63 Å². The molecule has 1 aromatic rings. The Kier molecular flexibility index (Phi) is 2.81. The minimum Gasteiger partial charge on any atom is -0.427 e. The lowest BCUT2D eigenvalue weighted by Gasteiger charge is -2.22. The van der Waals surface area contributed by atoms with Gasteiger partial charge in [-0.3, -0.25) is 0 Å². The minimum absolute atomic E-state index is 0.0179. The number of hydrogen-bond acceptors (Lipinski definition) is 2. The van der Waals surface area contributed by atoms with E-state index in [-0.39, 0.29) is 16.5 Å². The zero-order valence-corrected chi connectivity index (χ0v) is 10.5. The summed E-state index contributed by atoms with van der Waals surface area (Å²) < 4.78 is 5.22. The van der Waals surface area contributed by atoms with Crippen LogP contribution in [0.25, 0.3) is 0 Å². The summed E-state index contributed by atoms with van der Waals surface area (Å²) in [5.74, 6) is 0.750. The van der Waals surface area contributed by atoms with Crippen molar-refractivity contribution in [3.8, 4) is 0 Å². The van der Waals surface area contributed by atoms with Gasteiger partial charge in [-0.2, -0.15) is 0 Å². The molecular formula is C13H20O2. The monoisotopic (exact) mass is 208 g/mol. The van der Waals surface area contributed by atoms with Crippen LogP contribution in [0, 0.1) is 0 Å². The molecular weight excluding hydrogens is 188 g/mol. The molecule has 2 nitrogen and oxygen atoms in total. The van der Waals surface area contributed by atoms with Crippen molar-refractivity contribution in [2.45, 2.75) is 52.4 Å². The second-order valence-electron chi connectivity index (χ2n) is 6.03. The van der Waals surface area contributed by atoms with Gasteiger partial charge in [0.15, 0.2) is 0 Å². The summed E-state index contributed by atoms with van der Waals surface area (Å²) in [6.07, 6.45) is 0. The molecule has 0 spiro atoms. The largest absolute Gasteiger partial charge is 0.427 e. The van der Waals surface area contributed by atoms with Gasteiger partial charge in [-0.25, -0.2) is 4.79 Å². The highest BCUT2D eigenvalue weighted by atomic mass is 16.4. The third-order valence-electron chi connectivity index (χ3n) is 2.38. The van der Waals surface area contributed by atoms with Crippen LogP contribution >= 0.6 is 0 Å². The highest BCUT2D eigenvalue weighted by Gasteiger charge is 2.22. The van der Waals surface area contributed by atoms with Gasteiger partial charge in [0.1, 0.15) is 5.76 Å². The highest BCUT2D eigenvalue weighted by molar-refractivity contribution is 5.24. The molecule has 0 atom stereocenters. The van der Waals surface area contributed by atoms with Crippen molar-refractivity contribution in [2.75, 3.05) is 0 Å². The normalized spacial score (nSPS) is 12.9. The van der Waals surface area contributed by atoms with E-state index in [0.29, 0.717) is 0 Å². The van der Waals surface area contributed by atoms with Gasteiger partial charge in [0.2, 0.25) is 0 Å². The van der Waals surface area contributed by atoms with E-state index in [4.69, 9.17) is 4.42 Å². The molecule has 0 aromatic carbocycles. The molecule has 1 heterocycles. The predicted molar refractivity (Wildman–Crippen MR) is 62.4 cm³/mol. The summed E-state index contributed by atoms with van der Waals surface area (Å²) in [7, 11) is 0. The standard InChI is InChI=1S/C13H20O2/c1-12(2,3)9-7-10(13(4,5)6)15-11(14)8-9/h7-8H,1-6H3. The first-order chi connectivity index (χ1) is 6.60. The van der Waals surface area contributed by atoms with Crippen LogP contribution in [-0.2, 0) is 10.8 Å². The van der Waals surface area contributed by atoms with Crippen molar-refractivity contribution in [1.82, 2.24) is 0 Å². The summed E-state index contributed by atoms with van der Waals surface area (Å²) >= 11 is 0. The van der Waals surface area contributed by atoms with Gasteiger partial charge in [0.25, 0.3) is 0 Å². The lowest BCUT2D eigenvalue weighted by molar-refractivity contribution is 0.372. The zero-order valence-electron chi connectivity index (χ0n) is 10.5. The Morgan fingerprint density at radius 3 is 1.87 bits per heavy atom. The molecule has 0 radical (unpaired) electrons. The number of hydrogen-bond donors (Lipinski definition) is 0. The van der Waals surface area contributed by atoms with Crippen LogP contribution in [-0.4, -0.2) is 0 Å². The Morgan fingerprint density at radius 2 is 1.47 bits per heavy atom. The fraction of sp³-hybridized carbons (Fsp3) is 0.615. The van der Waals surface area contributed by atoms with E-state index in [1.807, 2.05) is 26.8 Å². The predicted octanol–water partition coefficient (Wildman–Crippen LogP) is 3.23. The van der Waals surface area contributed by atoms with Crippen LogP contribution in [0.3, 0.4) is 0 Å². The molecule has 2 heteroatoms. The SMILES string of the molecule is CC(C)(C)c1cc(C(C)(C)C)oc(=O)c1. The van der Waals surface area contributed by atoms with E-state index in [1.165, 1.54) is 0 Å². The van der Waals surface area contributed by atoms with Gasteiger partial charge in [-0.1, -0.05) is 41.5 Å². The van der Waals surface area contributed by atoms with E-state index in [1.54, 1.807) is 6.07 Å². The fourth-order valence-corrected chi connectivity index (χ4v) is 1.28. The Morgan fingerprint density at radius 1 is 0.933 bits per heavy atom. The van der Waals surface area contributed by atoms with E-state index in [0.717, 1.165) is 11.3 Å². The Labute approximate surface area is 91.3 Å². The maximum absolute atomic E-state index is 11.4. The molecule has 0 unspecified atom stereocenters. The Hall–Kier alpha value is -1.05. The quantitative estimate of drug-likeness (QED) is 0.655. The van der Waals surface area contributed by atoms with Crippen molar-refractivity contribution in [2.24, 2.45) is 0 Å². The Bertz CT molecular complexity index is 365. The summed E-state index contributed by atoms with van der Waals surface area (Å²) in [5.41, 5.74) is 0.632. The maximum atomic E-state index is 11.4. The molecule has 0 bridgehead atoms. The zero-order chi connectivity index (χ0) is 11.9. The minimum atomic E-state index is -0.257. The van der Waals surface area contributed by atoms with Crippen molar-refractivity contribution in [3.05, 3.63) is 33.9 Å². The molecule has 0 aliphatic carbocycles. The van der Waals surface area contributed by atoms with Crippen molar-refractivity contribution in [3.63, 3.8) is 0 Å². The van der Waals surface area contributed by atoms with E-state index in [2.05, 4.69) is 20.8 Å². The fourth-order valence-electron chi connectivity index (χ4n) is 1.28. The summed E-state index contributed by atoms with van der Waals surface area (Å²) in [6, 6.07) is 3.57. The highest BCUT2D eigenvalue weighted by Crippen LogP contribution is 2.26. The van der Waals surface area contributed by atoms with E-state index < -0.39 is 0 Å². The smallest absolute Gasteiger partial charge is 0.336 e. The van der Waals surface area contributed by atoms with Crippen LogP contribution in [0.1, 0.15) is 52.9 Å². The molecule has 0 fully saturated rings. The molecule has 0 saturated carbocycles. The van der Waals surface area contributed by atoms with E-state index in [9.17, 15) is 4.79 Å². The maximum Gasteiger partial charge on any atom is 0.336 e. The topological polar surface area (TPSA) is 30.2 Å². The lowest BCUT2D eigenvalue weighted by atomic mass is 9.84. The molecule has 0 amide bonds. The molecule has 15 heavy (non-hydrogen) atoms. The van der Waals surface area contributed by atoms with Gasteiger partial charge in [0.05, 0.1) is 0 Å². The van der Waals surface area contributed by atoms with Crippen molar-refractivity contribution >= 4 is 0 Å². The summed E-state index contributed by atoms with van der Waals surface area (Å²) in [5, 5.41) is 0. The molecule has 84 valence electrons. The first kappa shape index (κ1) is 12.0. The first-order valence-corrected chi connectivity index (χ1v) is 5.27. The molecule has 1 aromatic heterocycles. The van der Waals surface area contributed by atoms with Gasteiger partial charge in [-0.05, 0) is 17.0 Å². The average molecular weight is 208 g/mol. The van der Waals surface area contributed by atoms with Crippen LogP contribution in [0.15, 0.2) is 21.3 Å². The average Bonchev–Trinajstić information content (AvgIpc) is 1.99. The Balaban J connectivity index is 3.36. The van der Waals surface area contributed by atoms with E-state index >= 15 is 0 Å². The molecule has 0 saturated heterocycles. The van der Waals surface area contributed by atoms with Crippen LogP contribution in [0.5, 0.6) is 0 Å². The lowest BCUT2D eigenvalue weighted by Crippen LogP contribution is -2.20. The molecule has 0 aliphatic rings. The summed E-state index contributed by atoms with van der Waals surface area (Å²) in [6.45, 7) is 12.4. The van der Waals surface area contributed by atoms with Crippen molar-refractivity contribution < 1.29 is 4.42 Å². The second kappa shape index (κ2) is 3.51. The van der Waals surface area contributed by atoms with Crippen LogP contribution in [0.4, 0.5) is 0 Å². The third kappa shape index (κ3) is 2.95. The molecule has 1 rings (SSSR count). The van der Waals surface area contributed by atoms with Gasteiger partial charge in [0, 0.05) is 11.5 Å². The summed E-state index contributed by atoms with van der Waals surface area (Å²) in [4.78, 5) is 11.4. The molecule has 0 aliphatic heterocycles. The number of rotatable bonds is 0. The van der Waals surface area contributed by atoms with Gasteiger partial charge in [-0.15, -0.1) is 0 Å². The van der Waals surface area contributed by atoms with Gasteiger partial charge < -0.3 is 4.42 Å². The third-order valence-corrected chi connectivity index (χ3v) is 2.38. The molecule has 0 N–H and O–H groups in total. The first-order valence-electron chi connectivity index (χ1n) is 5.27.